The molecule has 0 atom stereocenters. The molecule has 0 aliphatic carbocycles. The van der Waals surface area contributed by atoms with E-state index in [1.54, 1.807) is 55.6 Å². The third-order valence-corrected chi connectivity index (χ3v) is 3.76. The second-order valence-electron chi connectivity index (χ2n) is 5.62. The fraction of sp³-hybridized carbons (Fsp3) is 0.250. The van der Waals surface area contributed by atoms with Gasteiger partial charge in [0.2, 0.25) is 5.91 Å². The average molecular weight is 354 g/mol. The number of carbonyl (C=O) groups excluding carboxylic acids is 3. The summed E-state index contributed by atoms with van der Waals surface area (Å²) in [6, 6.07) is 15.6. The number of rotatable bonds is 9. The quantitative estimate of drug-likeness (QED) is 0.534. The number of methoxy groups -OCH3 is 1. The molecule has 2 aromatic carbocycles. The molecule has 2 rings (SSSR count). The largest absolute Gasteiger partial charge is 0.497 e. The van der Waals surface area contributed by atoms with Crippen molar-refractivity contribution in [3.63, 3.8) is 0 Å². The number of hydrogen-bond acceptors (Lipinski definition) is 4. The zero-order valence-electron chi connectivity index (χ0n) is 14.7. The second kappa shape index (κ2) is 9.98. The summed E-state index contributed by atoms with van der Waals surface area (Å²) in [4.78, 5) is 35.7. The zero-order valence-corrected chi connectivity index (χ0v) is 14.7. The minimum atomic E-state index is -0.221. The van der Waals surface area contributed by atoms with E-state index in [2.05, 4.69) is 10.6 Å². The molecule has 2 amide bonds. The van der Waals surface area contributed by atoms with E-state index >= 15 is 0 Å². The number of Topliss-reactive ketones (excluding diaryl/α,β-unsaturated/α-hetero) is 1. The second-order valence-corrected chi connectivity index (χ2v) is 5.62. The first-order valence-electron chi connectivity index (χ1n) is 8.37. The monoisotopic (exact) mass is 354 g/mol. The first-order chi connectivity index (χ1) is 12.6. The van der Waals surface area contributed by atoms with Gasteiger partial charge in [0, 0.05) is 37.1 Å². The summed E-state index contributed by atoms with van der Waals surface area (Å²) in [5, 5.41) is 5.41. The summed E-state index contributed by atoms with van der Waals surface area (Å²) in [5.41, 5.74) is 1.12. The number of ether oxygens (including phenoxy) is 1. The predicted octanol–water partition coefficient (Wildman–Crippen LogP) is 2.20. The fourth-order valence-electron chi connectivity index (χ4n) is 2.31. The van der Waals surface area contributed by atoms with E-state index in [1.165, 1.54) is 0 Å². The lowest BCUT2D eigenvalue weighted by Gasteiger charge is -2.07. The topological polar surface area (TPSA) is 84.5 Å². The SMILES string of the molecule is COc1ccc(C(=O)CCC(=O)NCCNC(=O)c2ccccc2)cc1. The van der Waals surface area contributed by atoms with Crippen LogP contribution in [0.15, 0.2) is 54.6 Å². The molecule has 0 unspecified atom stereocenters. The van der Waals surface area contributed by atoms with Gasteiger partial charge < -0.3 is 15.4 Å². The van der Waals surface area contributed by atoms with Gasteiger partial charge in [0.25, 0.3) is 5.91 Å². The Labute approximate surface area is 152 Å². The van der Waals surface area contributed by atoms with E-state index in [4.69, 9.17) is 4.74 Å². The van der Waals surface area contributed by atoms with Crippen molar-refractivity contribution in [3.8, 4) is 5.75 Å². The van der Waals surface area contributed by atoms with Gasteiger partial charge in [-0.25, -0.2) is 0 Å². The van der Waals surface area contributed by atoms with Gasteiger partial charge in [0.1, 0.15) is 5.75 Å². The van der Waals surface area contributed by atoms with Crippen LogP contribution in [0, 0.1) is 0 Å². The molecule has 2 aromatic rings. The lowest BCUT2D eigenvalue weighted by atomic mass is 10.1. The van der Waals surface area contributed by atoms with E-state index in [0.717, 1.165) is 0 Å². The molecule has 6 heteroatoms. The minimum absolute atomic E-state index is 0.0971. The van der Waals surface area contributed by atoms with Crippen molar-refractivity contribution in [2.75, 3.05) is 20.2 Å². The molecule has 0 spiro atoms. The summed E-state index contributed by atoms with van der Waals surface area (Å²) in [7, 11) is 1.56. The van der Waals surface area contributed by atoms with Crippen molar-refractivity contribution in [2.24, 2.45) is 0 Å². The Bertz CT molecular complexity index is 742. The van der Waals surface area contributed by atoms with Crippen LogP contribution in [0.4, 0.5) is 0 Å². The van der Waals surface area contributed by atoms with Crippen LogP contribution in [0.25, 0.3) is 0 Å². The Kier molecular flexibility index (Phi) is 7.36. The zero-order chi connectivity index (χ0) is 18.8. The standard InChI is InChI=1S/C20H22N2O4/c1-26-17-9-7-15(8-10-17)18(23)11-12-19(24)21-13-14-22-20(25)16-5-3-2-4-6-16/h2-10H,11-14H2,1H3,(H,21,24)(H,22,25). The van der Waals surface area contributed by atoms with Gasteiger partial charge >= 0.3 is 0 Å². The van der Waals surface area contributed by atoms with Crippen molar-refractivity contribution in [1.82, 2.24) is 10.6 Å². The van der Waals surface area contributed by atoms with Crippen LogP contribution in [0.1, 0.15) is 33.6 Å². The van der Waals surface area contributed by atoms with E-state index in [-0.39, 0.29) is 30.4 Å². The van der Waals surface area contributed by atoms with Gasteiger partial charge in [-0.05, 0) is 36.4 Å². The summed E-state index contributed by atoms with van der Waals surface area (Å²) in [5.74, 6) is 0.174. The molecular formula is C20H22N2O4. The van der Waals surface area contributed by atoms with Crippen molar-refractivity contribution in [2.45, 2.75) is 12.8 Å². The number of ketones is 1. The van der Waals surface area contributed by atoms with E-state index < -0.39 is 0 Å². The lowest BCUT2D eigenvalue weighted by Crippen LogP contribution is -2.34. The maximum Gasteiger partial charge on any atom is 0.251 e. The van der Waals surface area contributed by atoms with Crippen molar-refractivity contribution in [3.05, 3.63) is 65.7 Å². The highest BCUT2D eigenvalue weighted by atomic mass is 16.5. The lowest BCUT2D eigenvalue weighted by molar-refractivity contribution is -0.121. The Balaban J connectivity index is 1.64. The number of amides is 2. The molecule has 2 N–H and O–H groups in total. The molecule has 0 fully saturated rings. The average Bonchev–Trinajstić information content (AvgIpc) is 2.70. The Morgan fingerprint density at radius 2 is 1.46 bits per heavy atom. The normalized spacial score (nSPS) is 10.0. The Morgan fingerprint density at radius 1 is 0.808 bits per heavy atom. The van der Waals surface area contributed by atoms with Crippen LogP contribution < -0.4 is 15.4 Å². The third-order valence-electron chi connectivity index (χ3n) is 3.76. The molecule has 6 nitrogen and oxygen atoms in total. The fourth-order valence-corrected chi connectivity index (χ4v) is 2.31. The Morgan fingerprint density at radius 3 is 2.12 bits per heavy atom. The highest BCUT2D eigenvalue weighted by Crippen LogP contribution is 2.13. The van der Waals surface area contributed by atoms with Crippen LogP contribution in [0.5, 0.6) is 5.75 Å². The van der Waals surface area contributed by atoms with Crippen LogP contribution in [0.3, 0.4) is 0 Å². The van der Waals surface area contributed by atoms with Crippen molar-refractivity contribution < 1.29 is 19.1 Å². The van der Waals surface area contributed by atoms with Crippen LogP contribution >= 0.6 is 0 Å². The van der Waals surface area contributed by atoms with E-state index in [9.17, 15) is 14.4 Å². The molecule has 0 aliphatic heterocycles. The third kappa shape index (κ3) is 6.05. The van der Waals surface area contributed by atoms with Crippen LogP contribution in [-0.4, -0.2) is 37.8 Å². The van der Waals surface area contributed by atoms with E-state index in [0.29, 0.717) is 30.0 Å². The van der Waals surface area contributed by atoms with Gasteiger partial charge in [-0.2, -0.15) is 0 Å². The smallest absolute Gasteiger partial charge is 0.251 e. The molecule has 0 radical (unpaired) electrons. The van der Waals surface area contributed by atoms with Gasteiger partial charge in [-0.15, -0.1) is 0 Å². The van der Waals surface area contributed by atoms with Gasteiger partial charge in [0.15, 0.2) is 5.78 Å². The first kappa shape index (κ1) is 19.2. The number of hydrogen-bond donors (Lipinski definition) is 2. The highest BCUT2D eigenvalue weighted by molar-refractivity contribution is 5.98. The summed E-state index contributed by atoms with van der Waals surface area (Å²) < 4.78 is 5.04. The number of carbonyl (C=O) groups is 3. The summed E-state index contributed by atoms with van der Waals surface area (Å²) >= 11 is 0. The van der Waals surface area contributed by atoms with Gasteiger partial charge in [-0.1, -0.05) is 18.2 Å². The molecule has 136 valence electrons. The van der Waals surface area contributed by atoms with Crippen molar-refractivity contribution in [1.29, 1.82) is 0 Å². The van der Waals surface area contributed by atoms with Gasteiger partial charge in [0.05, 0.1) is 7.11 Å². The van der Waals surface area contributed by atoms with Crippen molar-refractivity contribution >= 4 is 17.6 Å². The molecule has 0 heterocycles. The van der Waals surface area contributed by atoms with Crippen LogP contribution in [-0.2, 0) is 4.79 Å². The Hall–Kier alpha value is -3.15. The minimum Gasteiger partial charge on any atom is -0.497 e. The number of nitrogens with one attached hydrogen (secondary N) is 2. The highest BCUT2D eigenvalue weighted by Gasteiger charge is 2.09. The van der Waals surface area contributed by atoms with Crippen LogP contribution in [0.2, 0.25) is 0 Å². The maximum absolute atomic E-state index is 12.0. The molecule has 26 heavy (non-hydrogen) atoms. The first-order valence-corrected chi connectivity index (χ1v) is 8.37. The molecule has 0 aliphatic rings. The molecule has 0 saturated carbocycles. The molecular weight excluding hydrogens is 332 g/mol. The molecule has 0 saturated heterocycles. The summed E-state index contributed by atoms with van der Waals surface area (Å²) in [6.45, 7) is 0.639. The maximum atomic E-state index is 12.0. The summed E-state index contributed by atoms with van der Waals surface area (Å²) in [6.07, 6.45) is 0.242. The predicted molar refractivity (Wildman–Crippen MR) is 98.3 cm³/mol. The van der Waals surface area contributed by atoms with E-state index in [1.807, 2.05) is 6.07 Å². The van der Waals surface area contributed by atoms with Gasteiger partial charge in [-0.3, -0.25) is 14.4 Å². The number of benzene rings is 2. The molecule has 0 aromatic heterocycles. The molecule has 0 bridgehead atoms.